The molecule has 0 unspecified atom stereocenters. The molecule has 0 fully saturated rings. The molecule has 0 radical (unpaired) electrons. The zero-order valence-corrected chi connectivity index (χ0v) is 17.5. The van der Waals surface area contributed by atoms with Gasteiger partial charge in [0, 0.05) is 0 Å². The van der Waals surface area contributed by atoms with Gasteiger partial charge in [-0.05, 0) is 79.2 Å². The van der Waals surface area contributed by atoms with Crippen molar-refractivity contribution in [1.29, 1.82) is 0 Å². The summed E-state index contributed by atoms with van der Waals surface area (Å²) in [5, 5.41) is 7.83. The summed E-state index contributed by atoms with van der Waals surface area (Å²) in [5.74, 6) is 0. The van der Waals surface area contributed by atoms with Crippen molar-refractivity contribution in [3.63, 3.8) is 0 Å². The van der Waals surface area contributed by atoms with Gasteiger partial charge in [0.25, 0.3) is 0 Å². The number of benzene rings is 6. The standard InChI is InChI=1S/C31H22/c1-21-27-13-4-6-15-29(27)31(30-16-7-5-14-28(21)30)26-12-8-11-24(20-26)25-18-17-22-9-2-3-10-23(22)19-25/h2-20H,1H3. The molecule has 0 heterocycles. The van der Waals surface area contributed by atoms with Gasteiger partial charge in [-0.2, -0.15) is 0 Å². The van der Waals surface area contributed by atoms with E-state index in [0.717, 1.165) is 0 Å². The minimum Gasteiger partial charge on any atom is -0.0616 e. The van der Waals surface area contributed by atoms with Gasteiger partial charge in [-0.25, -0.2) is 0 Å². The second-order valence-corrected chi connectivity index (χ2v) is 8.23. The maximum Gasteiger partial charge on any atom is -0.00264 e. The molecule has 0 aliphatic rings. The Kier molecular flexibility index (Phi) is 4.11. The predicted octanol–water partition coefficient (Wildman–Crippen LogP) is 8.79. The van der Waals surface area contributed by atoms with Crippen molar-refractivity contribution in [3.8, 4) is 22.3 Å². The fourth-order valence-corrected chi connectivity index (χ4v) is 4.88. The predicted molar refractivity (Wildman–Crippen MR) is 135 cm³/mol. The zero-order chi connectivity index (χ0) is 20.8. The van der Waals surface area contributed by atoms with Crippen LogP contribution in [-0.4, -0.2) is 0 Å². The molecule has 146 valence electrons. The largest absolute Gasteiger partial charge is 0.0616 e. The first-order chi connectivity index (χ1) is 15.3. The lowest BCUT2D eigenvalue weighted by molar-refractivity contribution is 1.57. The summed E-state index contributed by atoms with van der Waals surface area (Å²) in [6.07, 6.45) is 0. The summed E-state index contributed by atoms with van der Waals surface area (Å²) in [4.78, 5) is 0. The summed E-state index contributed by atoms with van der Waals surface area (Å²) in [7, 11) is 0. The third-order valence-electron chi connectivity index (χ3n) is 6.43. The maximum atomic E-state index is 2.34. The molecule has 0 bridgehead atoms. The van der Waals surface area contributed by atoms with Gasteiger partial charge >= 0.3 is 0 Å². The van der Waals surface area contributed by atoms with Crippen molar-refractivity contribution < 1.29 is 0 Å². The quantitative estimate of drug-likeness (QED) is 0.257. The number of hydrogen-bond acceptors (Lipinski definition) is 0. The van der Waals surface area contributed by atoms with E-state index in [2.05, 4.69) is 122 Å². The molecule has 0 nitrogen and oxygen atoms in total. The molecule has 0 aromatic heterocycles. The Bertz CT molecular complexity index is 1530. The van der Waals surface area contributed by atoms with E-state index >= 15 is 0 Å². The van der Waals surface area contributed by atoms with Crippen molar-refractivity contribution in [3.05, 3.63) is 121 Å². The monoisotopic (exact) mass is 394 g/mol. The minimum absolute atomic E-state index is 1.25. The van der Waals surface area contributed by atoms with E-state index in [0.29, 0.717) is 0 Å². The van der Waals surface area contributed by atoms with E-state index in [9.17, 15) is 0 Å². The SMILES string of the molecule is Cc1c2ccccc2c(-c2cccc(-c3ccc4ccccc4c3)c2)c2ccccc12. The highest BCUT2D eigenvalue weighted by Gasteiger charge is 2.13. The average Bonchev–Trinajstić information content (AvgIpc) is 2.84. The number of hydrogen-bond donors (Lipinski definition) is 0. The van der Waals surface area contributed by atoms with Crippen molar-refractivity contribution in [2.75, 3.05) is 0 Å². The second-order valence-electron chi connectivity index (χ2n) is 8.23. The molecule has 0 heteroatoms. The van der Waals surface area contributed by atoms with Gasteiger partial charge in [0.1, 0.15) is 0 Å². The number of rotatable bonds is 2. The number of fused-ring (bicyclic) bond motifs is 3. The fourth-order valence-electron chi connectivity index (χ4n) is 4.88. The second kappa shape index (κ2) is 7.11. The molecule has 0 saturated heterocycles. The van der Waals surface area contributed by atoms with Crippen molar-refractivity contribution >= 4 is 32.3 Å². The Hall–Kier alpha value is -3.90. The molecule has 6 rings (SSSR count). The minimum atomic E-state index is 1.25. The zero-order valence-electron chi connectivity index (χ0n) is 17.5. The lowest BCUT2D eigenvalue weighted by Crippen LogP contribution is -1.90. The Morgan fingerprint density at radius 3 is 1.65 bits per heavy atom. The molecule has 6 aromatic rings. The molecule has 0 atom stereocenters. The van der Waals surface area contributed by atoms with Crippen molar-refractivity contribution in [2.24, 2.45) is 0 Å². The van der Waals surface area contributed by atoms with E-state index in [-0.39, 0.29) is 0 Å². The molecular formula is C31H22. The Morgan fingerprint density at radius 2 is 0.935 bits per heavy atom. The van der Waals surface area contributed by atoms with E-state index in [1.165, 1.54) is 60.1 Å². The maximum absolute atomic E-state index is 2.34. The molecule has 31 heavy (non-hydrogen) atoms. The van der Waals surface area contributed by atoms with Gasteiger partial charge in [-0.15, -0.1) is 0 Å². The van der Waals surface area contributed by atoms with Crippen LogP contribution >= 0.6 is 0 Å². The third-order valence-corrected chi connectivity index (χ3v) is 6.43. The van der Waals surface area contributed by atoms with E-state index < -0.39 is 0 Å². The third kappa shape index (κ3) is 2.92. The Morgan fingerprint density at radius 1 is 0.387 bits per heavy atom. The van der Waals surface area contributed by atoms with Crippen LogP contribution in [0.15, 0.2) is 115 Å². The van der Waals surface area contributed by atoms with Crippen molar-refractivity contribution in [2.45, 2.75) is 6.92 Å². The molecular weight excluding hydrogens is 372 g/mol. The molecule has 0 aliphatic carbocycles. The van der Waals surface area contributed by atoms with Gasteiger partial charge in [-0.1, -0.05) is 103 Å². The summed E-state index contributed by atoms with van der Waals surface area (Å²) in [5.41, 5.74) is 6.43. The molecule has 0 amide bonds. The van der Waals surface area contributed by atoms with Crippen LogP contribution in [-0.2, 0) is 0 Å². The first-order valence-electron chi connectivity index (χ1n) is 10.8. The molecule has 6 aromatic carbocycles. The van der Waals surface area contributed by atoms with Gasteiger partial charge < -0.3 is 0 Å². The summed E-state index contributed by atoms with van der Waals surface area (Å²) >= 11 is 0. The summed E-state index contributed by atoms with van der Waals surface area (Å²) in [6, 6.07) is 41.8. The van der Waals surface area contributed by atoms with Gasteiger partial charge in [0.2, 0.25) is 0 Å². The van der Waals surface area contributed by atoms with Crippen LogP contribution in [0.25, 0.3) is 54.6 Å². The van der Waals surface area contributed by atoms with Crippen LogP contribution in [0, 0.1) is 6.92 Å². The van der Waals surface area contributed by atoms with Crippen LogP contribution in [0.3, 0.4) is 0 Å². The highest BCUT2D eigenvalue weighted by Crippen LogP contribution is 2.40. The first-order valence-corrected chi connectivity index (χ1v) is 10.8. The van der Waals surface area contributed by atoms with Crippen LogP contribution < -0.4 is 0 Å². The molecule has 0 aliphatic heterocycles. The van der Waals surface area contributed by atoms with Gasteiger partial charge in [0.05, 0.1) is 0 Å². The average molecular weight is 395 g/mol. The lowest BCUT2D eigenvalue weighted by Gasteiger charge is -2.16. The van der Waals surface area contributed by atoms with Gasteiger partial charge in [-0.3, -0.25) is 0 Å². The lowest BCUT2D eigenvalue weighted by atomic mass is 9.88. The van der Waals surface area contributed by atoms with Crippen LogP contribution in [0.5, 0.6) is 0 Å². The molecule has 0 spiro atoms. The normalized spacial score (nSPS) is 11.4. The summed E-state index contributed by atoms with van der Waals surface area (Å²) in [6.45, 7) is 2.24. The van der Waals surface area contributed by atoms with Gasteiger partial charge in [0.15, 0.2) is 0 Å². The van der Waals surface area contributed by atoms with Crippen LogP contribution in [0.1, 0.15) is 5.56 Å². The van der Waals surface area contributed by atoms with E-state index in [4.69, 9.17) is 0 Å². The smallest absolute Gasteiger partial charge is 0.00264 e. The number of aryl methyl sites for hydroxylation is 1. The molecule has 0 saturated carbocycles. The van der Waals surface area contributed by atoms with Crippen LogP contribution in [0.2, 0.25) is 0 Å². The Labute approximate surface area is 182 Å². The summed E-state index contributed by atoms with van der Waals surface area (Å²) < 4.78 is 0. The van der Waals surface area contributed by atoms with Crippen LogP contribution in [0.4, 0.5) is 0 Å². The highest BCUT2D eigenvalue weighted by atomic mass is 14.2. The molecule has 0 N–H and O–H groups in total. The van der Waals surface area contributed by atoms with E-state index in [1.807, 2.05) is 0 Å². The fraction of sp³-hybridized carbons (Fsp3) is 0.0323. The first kappa shape index (κ1) is 17.9. The topological polar surface area (TPSA) is 0 Å². The highest BCUT2D eigenvalue weighted by molar-refractivity contribution is 6.15. The van der Waals surface area contributed by atoms with E-state index in [1.54, 1.807) is 0 Å². The Balaban J connectivity index is 1.62. The van der Waals surface area contributed by atoms with Crippen molar-refractivity contribution in [1.82, 2.24) is 0 Å².